The van der Waals surface area contributed by atoms with Crippen LogP contribution in [0.5, 0.6) is 0 Å². The van der Waals surface area contributed by atoms with Crippen LogP contribution in [-0.4, -0.2) is 78.0 Å². The van der Waals surface area contributed by atoms with Gasteiger partial charge in [0.25, 0.3) is 0 Å². The zero-order valence-electron chi connectivity index (χ0n) is 25.4. The zero-order chi connectivity index (χ0) is 30.8. The molecule has 0 spiro atoms. The minimum absolute atomic E-state index is 0.0408. The van der Waals surface area contributed by atoms with Crippen molar-refractivity contribution in [3.63, 3.8) is 0 Å². The number of nitrogens with one attached hydrogen (secondary N) is 2. The number of aryl methyl sites for hydroxylation is 1. The lowest BCUT2D eigenvalue weighted by atomic mass is 9.72. The second kappa shape index (κ2) is 15.6. The number of carbonyl (C=O) groups excluding carboxylic acids is 1. The molecule has 43 heavy (non-hydrogen) atoms. The van der Waals surface area contributed by atoms with E-state index in [4.69, 9.17) is 16.7 Å². The Morgan fingerprint density at radius 2 is 1.88 bits per heavy atom. The predicted octanol–water partition coefficient (Wildman–Crippen LogP) is 6.12. The number of likely N-dealkylation sites (tertiary alicyclic amines) is 2. The Hall–Kier alpha value is -3.07. The average molecular weight is 611 g/mol. The lowest BCUT2D eigenvalue weighted by Gasteiger charge is -2.45. The fourth-order valence-electron chi connectivity index (χ4n) is 6.70. The highest BCUT2D eigenvalue weighted by molar-refractivity contribution is 6.33. The summed E-state index contributed by atoms with van der Waals surface area (Å²) in [6.07, 6.45) is 5.92. The van der Waals surface area contributed by atoms with E-state index in [1.807, 2.05) is 46.2 Å². The maximum absolute atomic E-state index is 13.7. The van der Waals surface area contributed by atoms with Crippen LogP contribution in [-0.2, 0) is 12.0 Å². The molecule has 4 N–H and O–H groups in total. The number of halogens is 1. The van der Waals surface area contributed by atoms with E-state index in [1.165, 1.54) is 5.56 Å². The van der Waals surface area contributed by atoms with Gasteiger partial charge in [-0.2, -0.15) is 0 Å². The number of nitrogens with zero attached hydrogens (tertiary/aromatic N) is 2. The summed E-state index contributed by atoms with van der Waals surface area (Å²) in [5, 5.41) is 28.2. The van der Waals surface area contributed by atoms with E-state index in [9.17, 15) is 14.7 Å². The first-order valence-corrected chi connectivity index (χ1v) is 16.1. The standard InChI is InChI=1S/C34H47ClN4O4/c1-3-17-36-23-26-14-20-38(21-15-26)33(42)39-19-7-11-28(24-39)34(43,16-8-18-37-32(40)41)29-12-6-13-30(35)31(29)27-10-5-9-25(4-2)22-27/h3,5-6,9-10,12-13,22,26,28,36-37,43H,1,4,7-8,11,14-21,23-24H2,2H3,(H,40,41)/t28-,34?/m1/s1. The summed E-state index contributed by atoms with van der Waals surface area (Å²) in [6.45, 7) is 10.4. The van der Waals surface area contributed by atoms with E-state index < -0.39 is 11.7 Å². The molecule has 1 unspecified atom stereocenters. The highest BCUT2D eigenvalue weighted by Gasteiger charge is 2.43. The molecule has 2 aliphatic rings. The van der Waals surface area contributed by atoms with Crippen molar-refractivity contribution in [1.29, 1.82) is 0 Å². The summed E-state index contributed by atoms with van der Waals surface area (Å²) < 4.78 is 0. The van der Waals surface area contributed by atoms with Gasteiger partial charge in [0, 0.05) is 55.8 Å². The van der Waals surface area contributed by atoms with Crippen molar-refractivity contribution in [3.8, 4) is 11.1 Å². The number of carboxylic acid groups (broad SMARTS) is 1. The number of carbonyl (C=O) groups is 2. The molecule has 2 aromatic rings. The normalized spacial score (nSPS) is 19.1. The van der Waals surface area contributed by atoms with E-state index in [0.717, 1.165) is 75.0 Å². The van der Waals surface area contributed by atoms with Crippen molar-refractivity contribution in [2.24, 2.45) is 11.8 Å². The topological polar surface area (TPSA) is 105 Å². The molecular weight excluding hydrogens is 564 g/mol. The van der Waals surface area contributed by atoms with E-state index >= 15 is 0 Å². The number of hydrogen-bond acceptors (Lipinski definition) is 4. The van der Waals surface area contributed by atoms with Gasteiger partial charge in [0.2, 0.25) is 0 Å². The van der Waals surface area contributed by atoms with E-state index in [-0.39, 0.29) is 18.5 Å². The minimum Gasteiger partial charge on any atom is -0.465 e. The molecule has 2 fully saturated rings. The zero-order valence-corrected chi connectivity index (χ0v) is 26.1. The van der Waals surface area contributed by atoms with Gasteiger partial charge >= 0.3 is 12.1 Å². The van der Waals surface area contributed by atoms with Gasteiger partial charge < -0.3 is 30.6 Å². The van der Waals surface area contributed by atoms with Crippen LogP contribution in [0.15, 0.2) is 55.1 Å². The number of rotatable bonds is 12. The molecule has 2 heterocycles. The van der Waals surface area contributed by atoms with Crippen LogP contribution in [0.3, 0.4) is 0 Å². The molecule has 3 amide bonds. The smallest absolute Gasteiger partial charge is 0.404 e. The van der Waals surface area contributed by atoms with Crippen LogP contribution in [0, 0.1) is 11.8 Å². The Labute approximate surface area is 261 Å². The van der Waals surface area contributed by atoms with Gasteiger partial charge in [-0.1, -0.05) is 61.0 Å². The number of urea groups is 1. The summed E-state index contributed by atoms with van der Waals surface area (Å²) in [7, 11) is 0. The monoisotopic (exact) mass is 610 g/mol. The summed E-state index contributed by atoms with van der Waals surface area (Å²) in [4.78, 5) is 28.7. The Morgan fingerprint density at radius 1 is 1.12 bits per heavy atom. The van der Waals surface area contributed by atoms with Gasteiger partial charge in [-0.15, -0.1) is 6.58 Å². The third-order valence-corrected chi connectivity index (χ3v) is 9.40. The molecule has 0 bridgehead atoms. The molecule has 8 nitrogen and oxygen atoms in total. The van der Waals surface area contributed by atoms with Crippen molar-refractivity contribution in [2.45, 2.75) is 57.5 Å². The third-order valence-electron chi connectivity index (χ3n) is 9.09. The fourth-order valence-corrected chi connectivity index (χ4v) is 6.98. The molecule has 2 aliphatic heterocycles. The Bertz CT molecular complexity index is 1250. The lowest BCUT2D eigenvalue weighted by molar-refractivity contribution is -0.0564. The second-order valence-corrected chi connectivity index (χ2v) is 12.3. The third kappa shape index (κ3) is 8.31. The Kier molecular flexibility index (Phi) is 11.9. The van der Waals surface area contributed by atoms with Crippen LogP contribution in [0.4, 0.5) is 9.59 Å². The number of benzene rings is 2. The van der Waals surface area contributed by atoms with Crippen LogP contribution in [0.2, 0.25) is 5.02 Å². The first kappa shape index (κ1) is 32.8. The molecule has 234 valence electrons. The second-order valence-electron chi connectivity index (χ2n) is 11.9. The van der Waals surface area contributed by atoms with E-state index in [1.54, 1.807) is 0 Å². The molecule has 2 saturated heterocycles. The van der Waals surface area contributed by atoms with Crippen LogP contribution >= 0.6 is 11.6 Å². The summed E-state index contributed by atoms with van der Waals surface area (Å²) in [5.74, 6) is 0.317. The van der Waals surface area contributed by atoms with Gasteiger partial charge in [0.05, 0.1) is 5.60 Å². The first-order chi connectivity index (χ1) is 20.8. The van der Waals surface area contributed by atoms with E-state index in [2.05, 4.69) is 36.3 Å². The minimum atomic E-state index is -1.31. The van der Waals surface area contributed by atoms with Gasteiger partial charge in [-0.05, 0) is 80.2 Å². The maximum atomic E-state index is 13.7. The highest BCUT2D eigenvalue weighted by atomic mass is 35.5. The fraction of sp³-hybridized carbons (Fsp3) is 0.529. The molecule has 9 heteroatoms. The largest absolute Gasteiger partial charge is 0.465 e. The Balaban J connectivity index is 1.58. The molecule has 0 saturated carbocycles. The van der Waals surface area contributed by atoms with Gasteiger partial charge in [-0.3, -0.25) is 0 Å². The molecule has 0 radical (unpaired) electrons. The van der Waals surface area contributed by atoms with Crippen molar-refractivity contribution in [1.82, 2.24) is 20.4 Å². The SMILES string of the molecule is C=CCNCC1CCN(C(=O)N2CCC[C@@H](C(O)(CCCNC(=O)O)c3cccc(Cl)c3-c3cccc(CC)c3)C2)CC1. The van der Waals surface area contributed by atoms with Gasteiger partial charge in [0.15, 0.2) is 0 Å². The molecular formula is C34H47ClN4O4. The van der Waals surface area contributed by atoms with Crippen molar-refractivity contribution < 1.29 is 19.8 Å². The average Bonchev–Trinajstić information content (AvgIpc) is 3.03. The van der Waals surface area contributed by atoms with E-state index in [0.29, 0.717) is 36.9 Å². The summed E-state index contributed by atoms with van der Waals surface area (Å²) in [6, 6.07) is 13.9. The highest BCUT2D eigenvalue weighted by Crippen LogP contribution is 2.45. The molecule has 0 aromatic heterocycles. The first-order valence-electron chi connectivity index (χ1n) is 15.7. The summed E-state index contributed by atoms with van der Waals surface area (Å²) in [5.41, 5.74) is 2.33. The van der Waals surface area contributed by atoms with Crippen molar-refractivity contribution >= 4 is 23.7 Å². The van der Waals surface area contributed by atoms with Gasteiger partial charge in [0.1, 0.15) is 0 Å². The molecule has 2 aromatic carbocycles. The number of piperidine rings is 2. The molecule has 4 rings (SSSR count). The van der Waals surface area contributed by atoms with Crippen molar-refractivity contribution in [3.05, 3.63) is 71.3 Å². The van der Waals surface area contributed by atoms with Crippen molar-refractivity contribution in [2.75, 3.05) is 45.8 Å². The number of aliphatic hydroxyl groups is 1. The quantitative estimate of drug-likeness (QED) is 0.171. The Morgan fingerprint density at radius 3 is 2.60 bits per heavy atom. The molecule has 0 aliphatic carbocycles. The van der Waals surface area contributed by atoms with Gasteiger partial charge in [-0.25, -0.2) is 9.59 Å². The lowest BCUT2D eigenvalue weighted by Crippen LogP contribution is -2.53. The number of hydrogen-bond donors (Lipinski definition) is 4. The molecule has 2 atom stereocenters. The summed E-state index contributed by atoms with van der Waals surface area (Å²) >= 11 is 6.86. The number of amides is 3. The maximum Gasteiger partial charge on any atom is 0.404 e. The van der Waals surface area contributed by atoms with Crippen LogP contribution in [0.25, 0.3) is 11.1 Å². The van der Waals surface area contributed by atoms with Crippen LogP contribution in [0.1, 0.15) is 56.6 Å². The van der Waals surface area contributed by atoms with Crippen LogP contribution < -0.4 is 10.6 Å². The predicted molar refractivity (Wildman–Crippen MR) is 172 cm³/mol.